The van der Waals surface area contributed by atoms with E-state index in [1.165, 1.54) is 0 Å². The molecule has 0 saturated carbocycles. The number of nitrogens with zero attached hydrogens (tertiary/aromatic N) is 6. The minimum absolute atomic E-state index is 0.687. The Balaban J connectivity index is 1.21. The minimum Gasteiger partial charge on any atom is -0.256 e. The highest BCUT2D eigenvalue weighted by Crippen LogP contribution is 2.29. The van der Waals surface area contributed by atoms with E-state index in [1.807, 2.05) is 146 Å². The third kappa shape index (κ3) is 9.20. The van der Waals surface area contributed by atoms with Gasteiger partial charge in [-0.05, 0) is 48.6 Å². The Morgan fingerprint density at radius 2 is 0.452 bits per heavy atom. The second kappa shape index (κ2) is 19.1. The molecule has 0 aliphatic carbocycles. The molecule has 0 aliphatic rings. The lowest BCUT2D eigenvalue weighted by atomic mass is 10.0. The molecule has 0 aliphatic heterocycles. The van der Waals surface area contributed by atoms with E-state index in [2.05, 4.69) is 97.1 Å². The van der Waals surface area contributed by atoms with Crippen molar-refractivity contribution in [2.24, 2.45) is 0 Å². The largest absolute Gasteiger partial charge is 0.256 e. The molecule has 294 valence electrons. The Bertz CT molecular complexity index is 2640. The molecule has 0 amide bonds. The van der Waals surface area contributed by atoms with Crippen molar-refractivity contribution in [3.05, 3.63) is 240 Å². The average Bonchev–Trinajstić information content (AvgIpc) is 3.35. The summed E-state index contributed by atoms with van der Waals surface area (Å²) in [5.74, 6) is 0. The molecule has 9 rings (SSSR count). The Labute approximate surface area is 361 Å². The van der Waals surface area contributed by atoms with Gasteiger partial charge in [-0.1, -0.05) is 170 Å². The normalized spacial score (nSPS) is 11.6. The van der Waals surface area contributed by atoms with E-state index >= 15 is 0 Å². The Hall–Kier alpha value is -8.48. The molecule has 0 N–H and O–H groups in total. The van der Waals surface area contributed by atoms with Gasteiger partial charge in [-0.3, -0.25) is 19.9 Å². The van der Waals surface area contributed by atoms with Crippen molar-refractivity contribution in [3.8, 4) is 45.0 Å². The molecule has 0 bridgehead atoms. The van der Waals surface area contributed by atoms with Crippen molar-refractivity contribution in [3.63, 3.8) is 0 Å². The van der Waals surface area contributed by atoms with Gasteiger partial charge in [0.15, 0.2) is 0 Å². The van der Waals surface area contributed by atoms with E-state index in [1.54, 1.807) is 0 Å². The number of hydrogen-bond donors (Lipinski definition) is 0. The maximum atomic E-state index is 5.38. The van der Waals surface area contributed by atoms with Crippen LogP contribution in [-0.2, 0) is 0 Å². The Kier molecular flexibility index (Phi) is 12.0. The summed E-state index contributed by atoms with van der Waals surface area (Å²) in [6.07, 6.45) is 23.6. The van der Waals surface area contributed by atoms with E-state index in [0.717, 1.165) is 67.3 Å². The highest BCUT2D eigenvalue weighted by Gasteiger charge is 2.12. The van der Waals surface area contributed by atoms with Crippen LogP contribution in [0, 0.1) is 0 Å². The van der Waals surface area contributed by atoms with Crippen LogP contribution in [0.2, 0.25) is 0 Å². The molecule has 5 aromatic heterocycles. The summed E-state index contributed by atoms with van der Waals surface area (Å²) in [5, 5.41) is 0. The molecular formula is C56H40N6. The molecule has 6 heteroatoms. The number of pyridine rings is 4. The molecule has 0 spiro atoms. The SMILES string of the molecule is C(=Cc1nc(C=Cc2cccnc2-c2ccccc2)c(C=Cc2cccnc2-c2ccccc2)nc1C=Cc1cccnc1-c1ccccc1)c1cccnc1-c1ccccc1. The summed E-state index contributed by atoms with van der Waals surface area (Å²) in [6.45, 7) is 0. The highest BCUT2D eigenvalue weighted by atomic mass is 14.8. The van der Waals surface area contributed by atoms with Gasteiger partial charge in [-0.2, -0.15) is 0 Å². The second-order valence-corrected chi connectivity index (χ2v) is 14.3. The summed E-state index contributed by atoms with van der Waals surface area (Å²) in [4.78, 5) is 29.8. The molecule has 0 atom stereocenters. The molecule has 6 nitrogen and oxygen atoms in total. The predicted molar refractivity (Wildman–Crippen MR) is 256 cm³/mol. The van der Waals surface area contributed by atoms with E-state index in [4.69, 9.17) is 29.9 Å². The van der Waals surface area contributed by atoms with Crippen molar-refractivity contribution < 1.29 is 0 Å². The van der Waals surface area contributed by atoms with E-state index in [9.17, 15) is 0 Å². The molecule has 0 unspecified atom stereocenters. The van der Waals surface area contributed by atoms with Gasteiger partial charge in [-0.25, -0.2) is 9.97 Å². The number of aromatic nitrogens is 6. The van der Waals surface area contributed by atoms with Gasteiger partial charge >= 0.3 is 0 Å². The first kappa shape index (κ1) is 39.0. The smallest absolute Gasteiger partial charge is 0.0894 e. The second-order valence-electron chi connectivity index (χ2n) is 14.3. The van der Waals surface area contributed by atoms with Crippen molar-refractivity contribution >= 4 is 48.6 Å². The van der Waals surface area contributed by atoms with Gasteiger partial charge in [-0.15, -0.1) is 0 Å². The lowest BCUT2D eigenvalue weighted by Crippen LogP contribution is -2.00. The maximum absolute atomic E-state index is 5.38. The van der Waals surface area contributed by atoms with Crippen molar-refractivity contribution in [1.82, 2.24) is 29.9 Å². The van der Waals surface area contributed by atoms with Crippen LogP contribution >= 0.6 is 0 Å². The molecular weight excluding hydrogens is 757 g/mol. The zero-order valence-corrected chi connectivity index (χ0v) is 33.8. The zero-order valence-electron chi connectivity index (χ0n) is 33.8. The average molecular weight is 797 g/mol. The van der Waals surface area contributed by atoms with E-state index in [0.29, 0.717) is 22.8 Å². The highest BCUT2D eigenvalue weighted by molar-refractivity contribution is 5.87. The van der Waals surface area contributed by atoms with Gasteiger partial charge in [0.25, 0.3) is 0 Å². The molecule has 5 heterocycles. The van der Waals surface area contributed by atoms with Crippen LogP contribution in [0.1, 0.15) is 45.0 Å². The van der Waals surface area contributed by atoms with Crippen LogP contribution in [0.25, 0.3) is 93.6 Å². The summed E-state index contributed by atoms with van der Waals surface area (Å²) in [5.41, 5.74) is 14.2. The molecule has 62 heavy (non-hydrogen) atoms. The lowest BCUT2D eigenvalue weighted by molar-refractivity contribution is 1.12. The summed E-state index contributed by atoms with van der Waals surface area (Å²) >= 11 is 0. The monoisotopic (exact) mass is 796 g/mol. The topological polar surface area (TPSA) is 77.3 Å². The Morgan fingerprint density at radius 3 is 0.677 bits per heavy atom. The molecule has 0 saturated heterocycles. The maximum Gasteiger partial charge on any atom is 0.0894 e. The molecule has 0 fully saturated rings. The van der Waals surface area contributed by atoms with Crippen molar-refractivity contribution in [1.29, 1.82) is 0 Å². The van der Waals surface area contributed by atoms with Crippen LogP contribution in [0.3, 0.4) is 0 Å². The summed E-state index contributed by atoms with van der Waals surface area (Å²) < 4.78 is 0. The number of benzene rings is 4. The standard InChI is InChI=1S/C56H40N6/c1-5-17-41(18-6-1)53-45(25-13-37-57-53)29-33-49-50(34-30-46-26-14-38-58-54(46)42-19-7-2-8-20-42)62-52(36-32-48-28-16-40-60-56(48)44-23-11-4-12-24-44)51(61-49)35-31-47-27-15-39-59-55(47)43-21-9-3-10-22-43/h1-40H. The molecule has 0 radical (unpaired) electrons. The predicted octanol–water partition coefficient (Wildman–Crippen LogP) is 13.4. The zero-order chi connectivity index (χ0) is 41.8. The van der Waals surface area contributed by atoms with E-state index in [-0.39, 0.29) is 0 Å². The van der Waals surface area contributed by atoms with Crippen molar-refractivity contribution in [2.45, 2.75) is 0 Å². The fraction of sp³-hybridized carbons (Fsp3) is 0. The summed E-state index contributed by atoms with van der Waals surface area (Å²) in [7, 11) is 0. The van der Waals surface area contributed by atoms with Gasteiger partial charge in [0.05, 0.1) is 45.6 Å². The van der Waals surface area contributed by atoms with Crippen LogP contribution in [0.5, 0.6) is 0 Å². The van der Waals surface area contributed by atoms with Crippen LogP contribution in [-0.4, -0.2) is 29.9 Å². The fourth-order valence-corrected chi connectivity index (χ4v) is 7.21. The first-order chi connectivity index (χ1) is 30.8. The first-order valence-electron chi connectivity index (χ1n) is 20.4. The van der Waals surface area contributed by atoms with Crippen LogP contribution in [0.4, 0.5) is 0 Å². The minimum atomic E-state index is 0.687. The molecule has 9 aromatic rings. The Morgan fingerprint density at radius 1 is 0.226 bits per heavy atom. The summed E-state index contributed by atoms with van der Waals surface area (Å²) in [6, 6.07) is 56.9. The van der Waals surface area contributed by atoms with Crippen LogP contribution in [0.15, 0.2) is 195 Å². The van der Waals surface area contributed by atoms with Crippen molar-refractivity contribution in [2.75, 3.05) is 0 Å². The molecule has 4 aromatic carbocycles. The number of hydrogen-bond acceptors (Lipinski definition) is 6. The third-order valence-electron chi connectivity index (χ3n) is 10.2. The number of rotatable bonds is 12. The van der Waals surface area contributed by atoms with Gasteiger partial charge < -0.3 is 0 Å². The third-order valence-corrected chi connectivity index (χ3v) is 10.2. The van der Waals surface area contributed by atoms with E-state index < -0.39 is 0 Å². The quantitative estimate of drug-likeness (QED) is 0.123. The lowest BCUT2D eigenvalue weighted by Gasteiger charge is -2.10. The van der Waals surface area contributed by atoms with Gasteiger partial charge in [0, 0.05) is 69.3 Å². The van der Waals surface area contributed by atoms with Crippen LogP contribution < -0.4 is 0 Å². The first-order valence-corrected chi connectivity index (χ1v) is 20.4. The fourth-order valence-electron chi connectivity index (χ4n) is 7.21. The van der Waals surface area contributed by atoms with Gasteiger partial charge in [0.1, 0.15) is 0 Å². The van der Waals surface area contributed by atoms with Gasteiger partial charge in [0.2, 0.25) is 0 Å².